The fourth-order valence-electron chi connectivity index (χ4n) is 2.66. The molecule has 1 unspecified atom stereocenters. The SMILES string of the molecule is Cc1cccc(C)c1NC(=O)C(C)(C)C(=O)NC1CCS(=O)(=O)C1. The first-order valence-electron chi connectivity index (χ1n) is 7.92. The Morgan fingerprint density at radius 2 is 1.71 bits per heavy atom. The number of aryl methyl sites for hydroxylation is 2. The van der Waals surface area contributed by atoms with Gasteiger partial charge in [0.1, 0.15) is 5.41 Å². The van der Waals surface area contributed by atoms with Crippen molar-refractivity contribution in [3.8, 4) is 0 Å². The van der Waals surface area contributed by atoms with E-state index in [2.05, 4.69) is 10.6 Å². The van der Waals surface area contributed by atoms with Crippen LogP contribution in [0.3, 0.4) is 0 Å². The van der Waals surface area contributed by atoms with Crippen molar-refractivity contribution in [2.75, 3.05) is 16.8 Å². The minimum absolute atomic E-state index is 0.0622. The molecule has 1 aromatic carbocycles. The number of anilines is 1. The van der Waals surface area contributed by atoms with E-state index in [1.807, 2.05) is 32.0 Å². The van der Waals surface area contributed by atoms with E-state index in [1.165, 1.54) is 13.8 Å². The number of hydrogen-bond donors (Lipinski definition) is 2. The normalized spacial score (nSPS) is 19.8. The van der Waals surface area contributed by atoms with E-state index in [0.717, 1.165) is 11.1 Å². The molecular weight excluding hydrogens is 328 g/mol. The molecular formula is C17H24N2O4S. The van der Waals surface area contributed by atoms with Gasteiger partial charge < -0.3 is 10.6 Å². The topological polar surface area (TPSA) is 92.3 Å². The summed E-state index contributed by atoms with van der Waals surface area (Å²) in [7, 11) is -3.08. The Kier molecular flexibility index (Phi) is 5.03. The fourth-order valence-corrected chi connectivity index (χ4v) is 4.33. The van der Waals surface area contributed by atoms with Gasteiger partial charge in [-0.15, -0.1) is 0 Å². The van der Waals surface area contributed by atoms with Crippen LogP contribution in [-0.4, -0.2) is 37.8 Å². The van der Waals surface area contributed by atoms with Gasteiger partial charge in [0.15, 0.2) is 9.84 Å². The lowest BCUT2D eigenvalue weighted by atomic mass is 9.90. The quantitative estimate of drug-likeness (QED) is 0.805. The number of carbonyl (C=O) groups is 2. The summed E-state index contributed by atoms with van der Waals surface area (Å²) in [5, 5.41) is 5.51. The van der Waals surface area contributed by atoms with Gasteiger partial charge in [-0.1, -0.05) is 18.2 Å². The molecule has 1 aromatic rings. The van der Waals surface area contributed by atoms with Crippen LogP contribution in [-0.2, 0) is 19.4 Å². The maximum Gasteiger partial charge on any atom is 0.239 e. The number of hydrogen-bond acceptors (Lipinski definition) is 4. The highest BCUT2D eigenvalue weighted by atomic mass is 32.2. The van der Waals surface area contributed by atoms with Crippen molar-refractivity contribution in [2.45, 2.75) is 40.2 Å². The molecule has 1 heterocycles. The van der Waals surface area contributed by atoms with Gasteiger partial charge in [0.25, 0.3) is 0 Å². The van der Waals surface area contributed by atoms with E-state index in [4.69, 9.17) is 0 Å². The van der Waals surface area contributed by atoms with Gasteiger partial charge in [-0.25, -0.2) is 8.42 Å². The van der Waals surface area contributed by atoms with E-state index in [1.54, 1.807) is 0 Å². The standard InChI is InChI=1S/C17H24N2O4S/c1-11-6-5-7-12(2)14(11)19-16(21)17(3,4)15(20)18-13-8-9-24(22,23)10-13/h5-7,13H,8-10H2,1-4H3,(H,18,20)(H,19,21). The summed E-state index contributed by atoms with van der Waals surface area (Å²) in [5.41, 5.74) is 1.23. The lowest BCUT2D eigenvalue weighted by Crippen LogP contribution is -2.49. The second-order valence-electron chi connectivity index (χ2n) is 6.92. The van der Waals surface area contributed by atoms with Crippen LogP contribution in [0.15, 0.2) is 18.2 Å². The molecule has 132 valence electrons. The van der Waals surface area contributed by atoms with Gasteiger partial charge in [0, 0.05) is 11.7 Å². The van der Waals surface area contributed by atoms with Crippen LogP contribution >= 0.6 is 0 Å². The molecule has 7 heteroatoms. The molecule has 24 heavy (non-hydrogen) atoms. The van der Waals surface area contributed by atoms with Gasteiger partial charge in [-0.2, -0.15) is 0 Å². The number of sulfone groups is 1. The van der Waals surface area contributed by atoms with Gasteiger partial charge in [-0.05, 0) is 45.2 Å². The molecule has 1 aliphatic rings. The zero-order valence-corrected chi connectivity index (χ0v) is 15.3. The lowest BCUT2D eigenvalue weighted by molar-refractivity contribution is -0.138. The van der Waals surface area contributed by atoms with E-state index in [0.29, 0.717) is 12.1 Å². The molecule has 2 N–H and O–H groups in total. The predicted octanol–water partition coefficient (Wildman–Crippen LogP) is 1.57. The van der Waals surface area contributed by atoms with Crippen LogP contribution in [0.1, 0.15) is 31.4 Å². The van der Waals surface area contributed by atoms with Crippen LogP contribution in [0, 0.1) is 19.3 Å². The smallest absolute Gasteiger partial charge is 0.239 e. The Morgan fingerprint density at radius 1 is 1.12 bits per heavy atom. The number of para-hydroxylation sites is 1. The zero-order valence-electron chi connectivity index (χ0n) is 14.5. The van der Waals surface area contributed by atoms with E-state index >= 15 is 0 Å². The minimum Gasteiger partial charge on any atom is -0.351 e. The summed E-state index contributed by atoms with van der Waals surface area (Å²) in [6.07, 6.45) is 0.392. The minimum atomic E-state index is -3.08. The third kappa shape index (κ3) is 3.95. The molecule has 0 aromatic heterocycles. The van der Waals surface area contributed by atoms with Crippen molar-refractivity contribution in [2.24, 2.45) is 5.41 Å². The molecule has 0 aliphatic carbocycles. The van der Waals surface area contributed by atoms with Crippen LogP contribution in [0.25, 0.3) is 0 Å². The number of carbonyl (C=O) groups excluding carboxylic acids is 2. The monoisotopic (exact) mass is 352 g/mol. The molecule has 6 nitrogen and oxygen atoms in total. The summed E-state index contributed by atoms with van der Waals surface area (Å²) < 4.78 is 23.0. The molecule has 2 amide bonds. The number of amides is 2. The Hall–Kier alpha value is -1.89. The van der Waals surface area contributed by atoms with Crippen molar-refractivity contribution < 1.29 is 18.0 Å². The van der Waals surface area contributed by atoms with Crippen molar-refractivity contribution in [1.29, 1.82) is 0 Å². The summed E-state index contributed by atoms with van der Waals surface area (Å²) in [5.74, 6) is -0.869. The average Bonchev–Trinajstić information content (AvgIpc) is 2.81. The van der Waals surface area contributed by atoms with Gasteiger partial charge in [0.2, 0.25) is 11.8 Å². The fraction of sp³-hybridized carbons (Fsp3) is 0.529. The predicted molar refractivity (Wildman–Crippen MR) is 93.5 cm³/mol. The van der Waals surface area contributed by atoms with Crippen LogP contribution in [0.2, 0.25) is 0 Å². The third-order valence-corrected chi connectivity index (χ3v) is 6.19. The second-order valence-corrected chi connectivity index (χ2v) is 9.15. The summed E-state index contributed by atoms with van der Waals surface area (Å²) in [6, 6.07) is 5.26. The van der Waals surface area contributed by atoms with E-state index < -0.39 is 33.1 Å². The molecule has 1 fully saturated rings. The summed E-state index contributed by atoms with van der Waals surface area (Å²) >= 11 is 0. The molecule has 0 bridgehead atoms. The Labute approximate surface area is 142 Å². The van der Waals surface area contributed by atoms with Gasteiger partial charge in [0.05, 0.1) is 11.5 Å². The average molecular weight is 352 g/mol. The highest BCUT2D eigenvalue weighted by Crippen LogP contribution is 2.24. The molecule has 1 saturated heterocycles. The number of nitrogens with one attached hydrogen (secondary N) is 2. The van der Waals surface area contributed by atoms with Crippen LogP contribution in [0.5, 0.6) is 0 Å². The Morgan fingerprint density at radius 3 is 2.21 bits per heavy atom. The van der Waals surface area contributed by atoms with Crippen LogP contribution in [0.4, 0.5) is 5.69 Å². The molecule has 1 aliphatic heterocycles. The highest BCUT2D eigenvalue weighted by molar-refractivity contribution is 7.91. The molecule has 2 rings (SSSR count). The maximum atomic E-state index is 12.6. The molecule has 0 spiro atoms. The van der Waals surface area contributed by atoms with Gasteiger partial charge >= 0.3 is 0 Å². The maximum absolute atomic E-state index is 12.6. The first-order chi connectivity index (χ1) is 11.0. The highest BCUT2D eigenvalue weighted by Gasteiger charge is 2.39. The Balaban J connectivity index is 2.08. The first kappa shape index (κ1) is 18.4. The second kappa shape index (κ2) is 6.55. The van der Waals surface area contributed by atoms with Gasteiger partial charge in [-0.3, -0.25) is 9.59 Å². The largest absolute Gasteiger partial charge is 0.351 e. The van der Waals surface area contributed by atoms with Crippen molar-refractivity contribution in [3.05, 3.63) is 29.3 Å². The Bertz CT molecular complexity index is 749. The zero-order chi connectivity index (χ0) is 18.1. The van der Waals surface area contributed by atoms with Crippen LogP contribution < -0.4 is 10.6 Å². The molecule has 1 atom stereocenters. The molecule has 0 saturated carbocycles. The van der Waals surface area contributed by atoms with Crippen molar-refractivity contribution >= 4 is 27.3 Å². The van der Waals surface area contributed by atoms with E-state index in [-0.39, 0.29) is 11.5 Å². The van der Waals surface area contributed by atoms with E-state index in [9.17, 15) is 18.0 Å². The lowest BCUT2D eigenvalue weighted by Gasteiger charge is -2.25. The number of benzene rings is 1. The van der Waals surface area contributed by atoms with Crippen molar-refractivity contribution in [3.63, 3.8) is 0 Å². The summed E-state index contributed by atoms with van der Waals surface area (Å²) in [4.78, 5) is 25.1. The first-order valence-corrected chi connectivity index (χ1v) is 9.74. The van der Waals surface area contributed by atoms with Crippen molar-refractivity contribution in [1.82, 2.24) is 5.32 Å². The number of rotatable bonds is 4. The third-order valence-electron chi connectivity index (χ3n) is 4.42. The molecule has 0 radical (unpaired) electrons. The summed E-state index contributed by atoms with van der Waals surface area (Å²) in [6.45, 7) is 6.85.